The standard InChI is InChI=1S/C19H21ClN6OS/c20-15-5-7-22-18-16(6-8-21-17(15)18)23-24-19(28)26-11-9-25(10-12-26)13-1-3-14(27)4-2-13/h1-5,7,21,27H,6,8-12H2,(H,24,28)/b23-16-. The summed E-state index contributed by atoms with van der Waals surface area (Å²) in [7, 11) is 0. The lowest BCUT2D eigenvalue weighted by atomic mass is 10.1. The molecule has 0 unspecified atom stereocenters. The average Bonchev–Trinajstić information content (AvgIpc) is 2.73. The van der Waals surface area contributed by atoms with Gasteiger partial charge in [-0.15, -0.1) is 0 Å². The number of piperazine rings is 1. The van der Waals surface area contributed by atoms with Crippen molar-refractivity contribution in [1.82, 2.24) is 15.3 Å². The fourth-order valence-electron chi connectivity index (χ4n) is 3.38. The minimum atomic E-state index is 0.280. The minimum Gasteiger partial charge on any atom is -0.508 e. The lowest BCUT2D eigenvalue weighted by Crippen LogP contribution is -2.51. The highest BCUT2D eigenvalue weighted by atomic mass is 35.5. The van der Waals surface area contributed by atoms with Gasteiger partial charge < -0.3 is 20.2 Å². The molecule has 1 aromatic heterocycles. The topological polar surface area (TPSA) is 76.0 Å². The van der Waals surface area contributed by atoms with Crippen molar-refractivity contribution in [2.24, 2.45) is 5.10 Å². The first-order valence-corrected chi connectivity index (χ1v) is 9.94. The van der Waals surface area contributed by atoms with Crippen LogP contribution in [0.25, 0.3) is 0 Å². The third kappa shape index (κ3) is 3.98. The number of pyridine rings is 1. The molecule has 1 aromatic carbocycles. The van der Waals surface area contributed by atoms with Gasteiger partial charge in [0.15, 0.2) is 5.11 Å². The van der Waals surface area contributed by atoms with E-state index in [1.165, 1.54) is 0 Å². The molecule has 4 rings (SSSR count). The van der Waals surface area contributed by atoms with E-state index >= 15 is 0 Å². The van der Waals surface area contributed by atoms with Crippen LogP contribution >= 0.6 is 23.8 Å². The quantitative estimate of drug-likeness (QED) is 0.513. The molecule has 28 heavy (non-hydrogen) atoms. The molecule has 0 atom stereocenters. The number of thiocarbonyl (C=S) groups is 1. The van der Waals surface area contributed by atoms with Gasteiger partial charge in [0.1, 0.15) is 11.4 Å². The second-order valence-corrected chi connectivity index (χ2v) is 7.45. The molecular weight excluding hydrogens is 396 g/mol. The van der Waals surface area contributed by atoms with Crippen molar-refractivity contribution in [3.8, 4) is 5.75 Å². The van der Waals surface area contributed by atoms with E-state index in [1.54, 1.807) is 24.4 Å². The summed E-state index contributed by atoms with van der Waals surface area (Å²) in [6, 6.07) is 9.05. The fraction of sp³-hybridized carbons (Fsp3) is 0.316. The van der Waals surface area contributed by atoms with Crippen molar-refractivity contribution in [2.75, 3.05) is 42.9 Å². The first kappa shape index (κ1) is 18.8. The SMILES string of the molecule is Oc1ccc(N2CCN(C(=S)N/N=C3/CCNc4c(Cl)ccnc43)CC2)cc1. The second kappa shape index (κ2) is 8.20. The third-order valence-corrected chi connectivity index (χ3v) is 5.57. The smallest absolute Gasteiger partial charge is 0.189 e. The van der Waals surface area contributed by atoms with E-state index in [0.29, 0.717) is 10.1 Å². The number of phenolic OH excluding ortho intramolecular Hbond substituents is 1. The van der Waals surface area contributed by atoms with E-state index in [-0.39, 0.29) is 5.75 Å². The van der Waals surface area contributed by atoms with Crippen molar-refractivity contribution in [1.29, 1.82) is 0 Å². The van der Waals surface area contributed by atoms with Gasteiger partial charge in [-0.1, -0.05) is 11.6 Å². The number of aromatic hydroxyl groups is 1. The van der Waals surface area contributed by atoms with Crippen molar-refractivity contribution in [3.63, 3.8) is 0 Å². The Bertz CT molecular complexity index is 896. The van der Waals surface area contributed by atoms with Crippen LogP contribution in [0.1, 0.15) is 12.1 Å². The number of benzene rings is 1. The molecule has 9 heteroatoms. The predicted molar refractivity (Wildman–Crippen MR) is 117 cm³/mol. The number of hydrogen-bond donors (Lipinski definition) is 3. The molecule has 0 radical (unpaired) electrons. The van der Waals surface area contributed by atoms with Crippen LogP contribution < -0.4 is 15.6 Å². The van der Waals surface area contributed by atoms with E-state index in [0.717, 1.165) is 61.9 Å². The number of hydrogen-bond acceptors (Lipinski definition) is 6. The summed E-state index contributed by atoms with van der Waals surface area (Å²) in [6.45, 7) is 4.08. The van der Waals surface area contributed by atoms with Crippen LogP contribution in [-0.4, -0.2) is 58.5 Å². The average molecular weight is 417 g/mol. The highest BCUT2D eigenvalue weighted by molar-refractivity contribution is 7.80. The number of hydrazone groups is 1. The molecular formula is C19H21ClN6OS. The normalized spacial score (nSPS) is 17.8. The Morgan fingerprint density at radius 3 is 2.68 bits per heavy atom. The number of nitrogens with zero attached hydrogens (tertiary/aromatic N) is 4. The molecule has 3 heterocycles. The van der Waals surface area contributed by atoms with E-state index in [9.17, 15) is 5.11 Å². The van der Waals surface area contributed by atoms with E-state index in [1.807, 2.05) is 12.1 Å². The fourth-order valence-corrected chi connectivity index (χ4v) is 3.82. The van der Waals surface area contributed by atoms with Gasteiger partial charge in [0.25, 0.3) is 0 Å². The molecule has 0 aliphatic carbocycles. The molecule has 2 aliphatic heterocycles. The lowest BCUT2D eigenvalue weighted by molar-refractivity contribution is 0.381. The number of rotatable bonds is 2. The van der Waals surface area contributed by atoms with Gasteiger partial charge in [-0.05, 0) is 42.5 Å². The van der Waals surface area contributed by atoms with Crippen molar-refractivity contribution in [2.45, 2.75) is 6.42 Å². The van der Waals surface area contributed by atoms with Gasteiger partial charge in [0, 0.05) is 51.0 Å². The van der Waals surface area contributed by atoms with Gasteiger partial charge in [0.05, 0.1) is 16.4 Å². The molecule has 2 aromatic rings. The Balaban J connectivity index is 1.36. The molecule has 146 valence electrons. The van der Waals surface area contributed by atoms with E-state index < -0.39 is 0 Å². The summed E-state index contributed by atoms with van der Waals surface area (Å²) in [5.41, 5.74) is 6.57. The first-order chi connectivity index (χ1) is 13.6. The largest absolute Gasteiger partial charge is 0.508 e. The van der Waals surface area contributed by atoms with Crippen molar-refractivity contribution >= 4 is 46.0 Å². The Kier molecular flexibility index (Phi) is 5.50. The van der Waals surface area contributed by atoms with Crippen molar-refractivity contribution < 1.29 is 5.11 Å². The van der Waals surface area contributed by atoms with Crippen LogP contribution in [0.5, 0.6) is 5.75 Å². The molecule has 1 fully saturated rings. The molecule has 3 N–H and O–H groups in total. The van der Waals surface area contributed by atoms with Crippen LogP contribution in [0, 0.1) is 0 Å². The molecule has 7 nitrogen and oxygen atoms in total. The molecule has 1 saturated heterocycles. The maximum absolute atomic E-state index is 9.43. The Hall–Kier alpha value is -2.58. The zero-order valence-corrected chi connectivity index (χ0v) is 16.8. The summed E-state index contributed by atoms with van der Waals surface area (Å²) in [5.74, 6) is 0.280. The number of aromatic nitrogens is 1. The van der Waals surface area contributed by atoms with Crippen molar-refractivity contribution in [3.05, 3.63) is 47.2 Å². The van der Waals surface area contributed by atoms with Crippen LogP contribution in [0.3, 0.4) is 0 Å². The van der Waals surface area contributed by atoms with Crippen LogP contribution in [0.15, 0.2) is 41.6 Å². The summed E-state index contributed by atoms with van der Waals surface area (Å²) < 4.78 is 0. The summed E-state index contributed by atoms with van der Waals surface area (Å²) in [5, 5.41) is 18.5. The molecule has 0 bridgehead atoms. The van der Waals surface area contributed by atoms with Gasteiger partial charge >= 0.3 is 0 Å². The molecule has 0 saturated carbocycles. The Morgan fingerprint density at radius 1 is 1.18 bits per heavy atom. The minimum absolute atomic E-state index is 0.280. The number of halogens is 1. The molecule has 0 amide bonds. The summed E-state index contributed by atoms with van der Waals surface area (Å²) in [4.78, 5) is 8.79. The molecule has 2 aliphatic rings. The van der Waals surface area contributed by atoms with Gasteiger partial charge in [-0.2, -0.15) is 5.10 Å². The second-order valence-electron chi connectivity index (χ2n) is 6.66. The van der Waals surface area contributed by atoms with Crippen LogP contribution in [-0.2, 0) is 0 Å². The monoisotopic (exact) mass is 416 g/mol. The summed E-state index contributed by atoms with van der Waals surface area (Å²) in [6.07, 6.45) is 2.44. The number of anilines is 2. The summed E-state index contributed by atoms with van der Waals surface area (Å²) >= 11 is 11.8. The predicted octanol–water partition coefficient (Wildman–Crippen LogP) is 2.66. The third-order valence-electron chi connectivity index (χ3n) is 4.91. The first-order valence-electron chi connectivity index (χ1n) is 9.16. The van der Waals surface area contributed by atoms with Gasteiger partial charge in [-0.25, -0.2) is 0 Å². The number of phenols is 1. The van der Waals surface area contributed by atoms with E-state index in [2.05, 4.69) is 30.6 Å². The van der Waals surface area contributed by atoms with E-state index in [4.69, 9.17) is 23.8 Å². The van der Waals surface area contributed by atoms with Gasteiger partial charge in [-0.3, -0.25) is 10.4 Å². The van der Waals surface area contributed by atoms with Crippen LogP contribution in [0.2, 0.25) is 5.02 Å². The lowest BCUT2D eigenvalue weighted by Gasteiger charge is -2.37. The van der Waals surface area contributed by atoms with Gasteiger partial charge in [0.2, 0.25) is 0 Å². The Morgan fingerprint density at radius 2 is 1.93 bits per heavy atom. The maximum Gasteiger partial charge on any atom is 0.189 e. The highest BCUT2D eigenvalue weighted by Gasteiger charge is 2.21. The molecule has 0 spiro atoms. The maximum atomic E-state index is 9.43. The zero-order chi connectivity index (χ0) is 19.5. The Labute approximate surface area is 174 Å². The number of nitrogens with one attached hydrogen (secondary N) is 2. The highest BCUT2D eigenvalue weighted by Crippen LogP contribution is 2.28. The number of fused-ring (bicyclic) bond motifs is 1. The van der Waals surface area contributed by atoms with Crippen LogP contribution in [0.4, 0.5) is 11.4 Å². The zero-order valence-electron chi connectivity index (χ0n) is 15.2.